The van der Waals surface area contributed by atoms with Crippen molar-refractivity contribution in [2.45, 2.75) is 45.2 Å². The second-order valence-electron chi connectivity index (χ2n) is 7.48. The fourth-order valence-electron chi connectivity index (χ4n) is 3.73. The molecule has 2 aromatic rings. The lowest BCUT2D eigenvalue weighted by atomic mass is 10.1. The van der Waals surface area contributed by atoms with E-state index in [2.05, 4.69) is 24.0 Å². The molecule has 2 amide bonds. The van der Waals surface area contributed by atoms with Gasteiger partial charge in [0.25, 0.3) is 0 Å². The molecule has 1 aromatic heterocycles. The number of benzene rings is 1. The summed E-state index contributed by atoms with van der Waals surface area (Å²) in [7, 11) is 0. The van der Waals surface area contributed by atoms with E-state index in [9.17, 15) is 9.59 Å². The van der Waals surface area contributed by atoms with Gasteiger partial charge in [-0.2, -0.15) is 0 Å². The van der Waals surface area contributed by atoms with Gasteiger partial charge in [0, 0.05) is 43.6 Å². The molecule has 1 unspecified atom stereocenters. The smallest absolute Gasteiger partial charge is 0.228 e. The number of anilines is 1. The molecule has 0 bridgehead atoms. The zero-order valence-corrected chi connectivity index (χ0v) is 15.7. The van der Waals surface area contributed by atoms with Crippen molar-refractivity contribution < 1.29 is 9.59 Å². The number of hydrogen-bond acceptors (Lipinski definition) is 3. The highest BCUT2D eigenvalue weighted by molar-refractivity contribution is 6.00. The van der Waals surface area contributed by atoms with Crippen LogP contribution in [0.1, 0.15) is 37.3 Å². The predicted octanol–water partition coefficient (Wildman–Crippen LogP) is 3.19. The first-order valence-electron chi connectivity index (χ1n) is 9.74. The summed E-state index contributed by atoms with van der Waals surface area (Å²) in [5, 5.41) is 0. The van der Waals surface area contributed by atoms with Gasteiger partial charge in [0.15, 0.2) is 0 Å². The third-order valence-electron chi connectivity index (χ3n) is 5.50. The van der Waals surface area contributed by atoms with E-state index in [1.54, 1.807) is 17.3 Å². The van der Waals surface area contributed by atoms with E-state index in [-0.39, 0.29) is 17.7 Å². The fourth-order valence-corrected chi connectivity index (χ4v) is 3.73. The number of hydrogen-bond donors (Lipinski definition) is 0. The number of amides is 2. The van der Waals surface area contributed by atoms with Gasteiger partial charge in [-0.1, -0.05) is 19.1 Å². The summed E-state index contributed by atoms with van der Waals surface area (Å²) in [6.07, 6.45) is 6.89. The summed E-state index contributed by atoms with van der Waals surface area (Å²) >= 11 is 0. The Kier molecular flexibility index (Phi) is 4.92. The van der Waals surface area contributed by atoms with E-state index in [1.165, 1.54) is 5.56 Å². The van der Waals surface area contributed by atoms with E-state index in [4.69, 9.17) is 0 Å². The molecule has 0 radical (unpaired) electrons. The summed E-state index contributed by atoms with van der Waals surface area (Å²) in [6.45, 7) is 3.19. The summed E-state index contributed by atoms with van der Waals surface area (Å²) in [6, 6.07) is 12.3. The largest absolute Gasteiger partial charge is 0.335 e. The molecule has 0 spiro atoms. The molecular weight excluding hydrogens is 338 g/mol. The van der Waals surface area contributed by atoms with E-state index < -0.39 is 0 Å². The Balaban J connectivity index is 1.47. The summed E-state index contributed by atoms with van der Waals surface area (Å²) in [5.41, 5.74) is 3.22. The lowest BCUT2D eigenvalue weighted by Gasteiger charge is -2.25. The van der Waals surface area contributed by atoms with E-state index in [0.717, 1.165) is 30.5 Å². The highest BCUT2D eigenvalue weighted by atomic mass is 16.2. The first-order valence-corrected chi connectivity index (χ1v) is 9.74. The number of aromatic nitrogens is 1. The van der Waals surface area contributed by atoms with Gasteiger partial charge in [0.05, 0.1) is 5.92 Å². The number of carbonyl (C=O) groups is 2. The van der Waals surface area contributed by atoms with Crippen LogP contribution in [0.2, 0.25) is 0 Å². The van der Waals surface area contributed by atoms with Crippen LogP contribution in [0.5, 0.6) is 0 Å². The molecule has 1 saturated heterocycles. The van der Waals surface area contributed by atoms with Gasteiger partial charge < -0.3 is 9.80 Å². The van der Waals surface area contributed by atoms with Crippen LogP contribution in [-0.2, 0) is 22.6 Å². The molecule has 140 valence electrons. The molecule has 1 saturated carbocycles. The molecule has 4 rings (SSSR count). The van der Waals surface area contributed by atoms with Crippen molar-refractivity contribution in [2.24, 2.45) is 5.92 Å². The Morgan fingerprint density at radius 1 is 1.11 bits per heavy atom. The minimum Gasteiger partial charge on any atom is -0.335 e. The van der Waals surface area contributed by atoms with Crippen LogP contribution in [0.4, 0.5) is 5.69 Å². The Bertz CT molecular complexity index is 815. The van der Waals surface area contributed by atoms with Gasteiger partial charge in [-0.3, -0.25) is 14.6 Å². The summed E-state index contributed by atoms with van der Waals surface area (Å²) in [4.78, 5) is 33.5. The zero-order chi connectivity index (χ0) is 18.8. The third-order valence-corrected chi connectivity index (χ3v) is 5.50. The van der Waals surface area contributed by atoms with Crippen molar-refractivity contribution in [1.82, 2.24) is 9.88 Å². The normalized spacial score (nSPS) is 19.4. The lowest BCUT2D eigenvalue weighted by Crippen LogP contribution is -2.38. The minimum absolute atomic E-state index is 0.0391. The molecule has 5 nitrogen and oxygen atoms in total. The molecule has 5 heteroatoms. The second-order valence-corrected chi connectivity index (χ2v) is 7.48. The number of nitrogens with zero attached hydrogens (tertiary/aromatic N) is 3. The van der Waals surface area contributed by atoms with Crippen molar-refractivity contribution in [2.75, 3.05) is 11.4 Å². The van der Waals surface area contributed by atoms with Crippen LogP contribution in [0, 0.1) is 5.92 Å². The maximum Gasteiger partial charge on any atom is 0.228 e. The average Bonchev–Trinajstić information content (AvgIpc) is 3.48. The van der Waals surface area contributed by atoms with Crippen LogP contribution in [0.25, 0.3) is 0 Å². The first kappa shape index (κ1) is 17.7. The fraction of sp³-hybridized carbons (Fsp3) is 0.409. The van der Waals surface area contributed by atoms with Crippen molar-refractivity contribution in [3.8, 4) is 0 Å². The Hall–Kier alpha value is -2.69. The molecule has 2 heterocycles. The van der Waals surface area contributed by atoms with Crippen LogP contribution >= 0.6 is 0 Å². The van der Waals surface area contributed by atoms with Gasteiger partial charge in [-0.05, 0) is 54.7 Å². The van der Waals surface area contributed by atoms with Crippen LogP contribution < -0.4 is 4.90 Å². The quantitative estimate of drug-likeness (QED) is 0.792. The standard InChI is InChI=1S/C22H25N3O2/c1-2-16-3-5-19(6-4-16)24-15-18(13-21(24)26)22(27)25(20-7-8-20)14-17-9-11-23-12-10-17/h3-6,9-12,18,20H,2,7-8,13-15H2,1H3. The molecule has 1 aromatic carbocycles. The van der Waals surface area contributed by atoms with Crippen molar-refractivity contribution in [3.63, 3.8) is 0 Å². The number of carbonyl (C=O) groups excluding carboxylic acids is 2. The van der Waals surface area contributed by atoms with E-state index in [0.29, 0.717) is 25.6 Å². The van der Waals surface area contributed by atoms with Gasteiger partial charge in [0.1, 0.15) is 0 Å². The summed E-state index contributed by atoms with van der Waals surface area (Å²) in [5.74, 6) is -0.113. The molecule has 1 aliphatic carbocycles. The van der Waals surface area contributed by atoms with Crippen molar-refractivity contribution >= 4 is 17.5 Å². The van der Waals surface area contributed by atoms with E-state index >= 15 is 0 Å². The maximum atomic E-state index is 13.2. The molecule has 2 aliphatic rings. The number of pyridine rings is 1. The second kappa shape index (κ2) is 7.51. The molecule has 2 fully saturated rings. The van der Waals surface area contributed by atoms with E-state index in [1.807, 2.05) is 29.2 Å². The SMILES string of the molecule is CCc1ccc(N2CC(C(=O)N(Cc3ccncc3)C3CC3)CC2=O)cc1. The van der Waals surface area contributed by atoms with Crippen LogP contribution in [-0.4, -0.2) is 34.3 Å². The third kappa shape index (κ3) is 3.87. The lowest BCUT2D eigenvalue weighted by molar-refractivity contribution is -0.137. The predicted molar refractivity (Wildman–Crippen MR) is 104 cm³/mol. The highest BCUT2D eigenvalue weighted by Crippen LogP contribution is 2.33. The molecular formula is C22H25N3O2. The Morgan fingerprint density at radius 3 is 2.44 bits per heavy atom. The molecule has 27 heavy (non-hydrogen) atoms. The maximum absolute atomic E-state index is 13.2. The van der Waals surface area contributed by atoms with Crippen LogP contribution in [0.3, 0.4) is 0 Å². The molecule has 1 aliphatic heterocycles. The zero-order valence-electron chi connectivity index (χ0n) is 15.7. The van der Waals surface area contributed by atoms with Gasteiger partial charge in [-0.25, -0.2) is 0 Å². The van der Waals surface area contributed by atoms with Gasteiger partial charge in [-0.15, -0.1) is 0 Å². The molecule has 1 atom stereocenters. The summed E-state index contributed by atoms with van der Waals surface area (Å²) < 4.78 is 0. The minimum atomic E-state index is -0.259. The first-order chi connectivity index (χ1) is 13.2. The monoisotopic (exact) mass is 363 g/mol. The number of rotatable bonds is 6. The van der Waals surface area contributed by atoms with Crippen LogP contribution in [0.15, 0.2) is 48.8 Å². The Labute approximate surface area is 160 Å². The Morgan fingerprint density at radius 2 is 1.81 bits per heavy atom. The van der Waals surface area contributed by atoms with Crippen molar-refractivity contribution in [1.29, 1.82) is 0 Å². The average molecular weight is 363 g/mol. The topological polar surface area (TPSA) is 53.5 Å². The highest BCUT2D eigenvalue weighted by Gasteiger charge is 2.41. The van der Waals surface area contributed by atoms with Crippen molar-refractivity contribution in [3.05, 3.63) is 59.9 Å². The van der Waals surface area contributed by atoms with Gasteiger partial charge in [0.2, 0.25) is 11.8 Å². The molecule has 0 N–H and O–H groups in total. The van der Waals surface area contributed by atoms with Gasteiger partial charge >= 0.3 is 0 Å². The number of aryl methyl sites for hydroxylation is 1.